The van der Waals surface area contributed by atoms with Crippen molar-refractivity contribution >= 4 is 22.9 Å². The zero-order valence-corrected chi connectivity index (χ0v) is 13.6. The van der Waals surface area contributed by atoms with Crippen LogP contribution < -0.4 is 0 Å². The van der Waals surface area contributed by atoms with E-state index in [2.05, 4.69) is 10.3 Å². The molecule has 1 aromatic heterocycles. The van der Waals surface area contributed by atoms with E-state index in [9.17, 15) is 14.7 Å². The van der Waals surface area contributed by atoms with Crippen molar-refractivity contribution < 1.29 is 14.7 Å². The number of nitrogens with zero attached hydrogens (tertiary/aromatic N) is 4. The number of fused-ring (bicyclic) bond motifs is 2. The van der Waals surface area contributed by atoms with Crippen LogP contribution in [-0.2, 0) is 11.8 Å². The fourth-order valence-electron chi connectivity index (χ4n) is 4.30. The van der Waals surface area contributed by atoms with Gasteiger partial charge in [-0.3, -0.25) is 4.79 Å². The molecule has 1 aromatic carbocycles. The van der Waals surface area contributed by atoms with Gasteiger partial charge in [-0.15, -0.1) is 5.10 Å². The fourth-order valence-corrected chi connectivity index (χ4v) is 4.30. The molecule has 1 aliphatic carbocycles. The maximum atomic E-state index is 13.1. The van der Waals surface area contributed by atoms with Gasteiger partial charge in [0.05, 0.1) is 5.52 Å². The van der Waals surface area contributed by atoms with Gasteiger partial charge in [0, 0.05) is 18.7 Å². The minimum absolute atomic E-state index is 0.0462. The Labute approximate surface area is 139 Å². The smallest absolute Gasteiger partial charge is 0.326 e. The largest absolute Gasteiger partial charge is 0.480 e. The van der Waals surface area contributed by atoms with Gasteiger partial charge in [-0.25, -0.2) is 9.48 Å². The van der Waals surface area contributed by atoms with Crippen molar-refractivity contribution in [3.63, 3.8) is 0 Å². The summed E-state index contributed by atoms with van der Waals surface area (Å²) in [5.41, 5.74) is 1.98. The zero-order valence-electron chi connectivity index (χ0n) is 13.6. The number of aliphatic carboxylic acids is 1. The van der Waals surface area contributed by atoms with Gasteiger partial charge in [-0.05, 0) is 43.4 Å². The van der Waals surface area contributed by atoms with E-state index in [4.69, 9.17) is 0 Å². The van der Waals surface area contributed by atoms with Gasteiger partial charge in [0.2, 0.25) is 0 Å². The number of likely N-dealkylation sites (tertiary alicyclic amines) is 1. The molecule has 1 saturated carbocycles. The van der Waals surface area contributed by atoms with E-state index in [0.717, 1.165) is 31.2 Å². The highest BCUT2D eigenvalue weighted by atomic mass is 16.4. The van der Waals surface area contributed by atoms with Crippen molar-refractivity contribution in [2.24, 2.45) is 13.0 Å². The summed E-state index contributed by atoms with van der Waals surface area (Å²) in [5, 5.41) is 17.6. The Morgan fingerprint density at radius 3 is 2.83 bits per heavy atom. The first-order chi connectivity index (χ1) is 11.6. The molecule has 4 rings (SSSR count). The van der Waals surface area contributed by atoms with Gasteiger partial charge < -0.3 is 10.0 Å². The van der Waals surface area contributed by atoms with Crippen LogP contribution in [0.25, 0.3) is 11.0 Å². The van der Waals surface area contributed by atoms with E-state index in [1.807, 2.05) is 6.07 Å². The summed E-state index contributed by atoms with van der Waals surface area (Å²) in [4.78, 5) is 26.4. The number of hydrogen-bond acceptors (Lipinski definition) is 4. The van der Waals surface area contributed by atoms with Crippen molar-refractivity contribution in [2.75, 3.05) is 0 Å². The number of hydrogen-bond donors (Lipinski definition) is 1. The number of aromatic nitrogens is 3. The van der Waals surface area contributed by atoms with Crippen molar-refractivity contribution in [2.45, 2.75) is 44.2 Å². The van der Waals surface area contributed by atoms with E-state index in [1.54, 1.807) is 28.8 Å². The van der Waals surface area contributed by atoms with Gasteiger partial charge in [-0.1, -0.05) is 18.1 Å². The van der Waals surface area contributed by atoms with Crippen LogP contribution in [0.2, 0.25) is 0 Å². The Balaban J connectivity index is 1.70. The van der Waals surface area contributed by atoms with Crippen molar-refractivity contribution in [3.05, 3.63) is 23.8 Å². The SMILES string of the molecule is Cn1nnc2cc(C(=O)N3[C@@H]4CCCC[C@@H]4C[C@H]3C(=O)O)ccc21. The van der Waals surface area contributed by atoms with E-state index >= 15 is 0 Å². The minimum atomic E-state index is -0.904. The average Bonchev–Trinajstić information content (AvgIpc) is 3.15. The van der Waals surface area contributed by atoms with Gasteiger partial charge >= 0.3 is 5.97 Å². The summed E-state index contributed by atoms with van der Waals surface area (Å²) in [6, 6.07) is 4.59. The van der Waals surface area contributed by atoms with E-state index in [1.165, 1.54) is 0 Å². The summed E-state index contributed by atoms with van der Waals surface area (Å²) >= 11 is 0. The number of carboxylic acids is 1. The molecule has 0 spiro atoms. The highest BCUT2D eigenvalue weighted by Gasteiger charge is 2.47. The Hall–Kier alpha value is -2.44. The third-order valence-corrected chi connectivity index (χ3v) is 5.47. The number of benzene rings is 1. The Bertz CT molecular complexity index is 815. The molecule has 0 unspecified atom stereocenters. The third-order valence-electron chi connectivity index (χ3n) is 5.47. The lowest BCUT2D eigenvalue weighted by Gasteiger charge is -2.33. The molecule has 24 heavy (non-hydrogen) atoms. The van der Waals surface area contributed by atoms with Gasteiger partial charge in [0.25, 0.3) is 5.91 Å². The molecular weight excluding hydrogens is 308 g/mol. The molecule has 7 heteroatoms. The third kappa shape index (κ3) is 2.26. The van der Waals surface area contributed by atoms with Crippen LogP contribution in [-0.4, -0.2) is 49.0 Å². The molecule has 1 amide bonds. The zero-order chi connectivity index (χ0) is 16.8. The lowest BCUT2D eigenvalue weighted by Crippen LogP contribution is -2.46. The Morgan fingerprint density at radius 2 is 2.04 bits per heavy atom. The van der Waals surface area contributed by atoms with Crippen LogP contribution in [0.4, 0.5) is 0 Å². The molecule has 2 aliphatic rings. The summed E-state index contributed by atoms with van der Waals surface area (Å²) in [6.45, 7) is 0. The average molecular weight is 328 g/mol. The number of carbonyl (C=O) groups excluding carboxylic acids is 1. The predicted molar refractivity (Wildman–Crippen MR) is 86.5 cm³/mol. The van der Waals surface area contributed by atoms with Crippen molar-refractivity contribution in [3.8, 4) is 0 Å². The lowest BCUT2D eigenvalue weighted by molar-refractivity contribution is -0.141. The maximum absolute atomic E-state index is 13.1. The summed E-state index contributed by atoms with van der Waals surface area (Å²) in [6.07, 6.45) is 4.66. The number of carboxylic acid groups (broad SMARTS) is 1. The van der Waals surface area contributed by atoms with E-state index < -0.39 is 12.0 Å². The van der Waals surface area contributed by atoms with Gasteiger partial charge in [0.15, 0.2) is 0 Å². The topological polar surface area (TPSA) is 88.3 Å². The second-order valence-electron chi connectivity index (χ2n) is 6.83. The van der Waals surface area contributed by atoms with Crippen molar-refractivity contribution in [1.29, 1.82) is 0 Å². The van der Waals surface area contributed by atoms with Crippen LogP contribution in [0.5, 0.6) is 0 Å². The highest BCUT2D eigenvalue weighted by Crippen LogP contribution is 2.40. The molecule has 1 N–H and O–H groups in total. The quantitative estimate of drug-likeness (QED) is 0.908. The van der Waals surface area contributed by atoms with Crippen LogP contribution >= 0.6 is 0 Å². The van der Waals surface area contributed by atoms with Gasteiger partial charge in [-0.2, -0.15) is 0 Å². The standard InChI is InChI=1S/C17H20N4O3/c1-20-14-7-6-11(8-12(14)18-19-20)16(22)21-13-5-3-2-4-10(13)9-15(21)17(23)24/h6-8,10,13,15H,2-5,9H2,1H3,(H,23,24)/t10-,13-,15+/m1/s1. The number of carbonyl (C=O) groups is 2. The molecule has 0 radical (unpaired) electrons. The molecule has 0 bridgehead atoms. The second-order valence-corrected chi connectivity index (χ2v) is 6.83. The normalized spacial score (nSPS) is 26.5. The summed E-state index contributed by atoms with van der Waals surface area (Å²) in [7, 11) is 1.80. The van der Waals surface area contributed by atoms with Crippen LogP contribution in [0, 0.1) is 5.92 Å². The summed E-state index contributed by atoms with van der Waals surface area (Å²) < 4.78 is 1.65. The molecule has 7 nitrogen and oxygen atoms in total. The first kappa shape index (κ1) is 15.1. The molecule has 3 atom stereocenters. The van der Waals surface area contributed by atoms with E-state index in [0.29, 0.717) is 23.4 Å². The van der Waals surface area contributed by atoms with Gasteiger partial charge in [0.1, 0.15) is 11.6 Å². The molecule has 126 valence electrons. The molecule has 2 aromatic rings. The van der Waals surface area contributed by atoms with Crippen LogP contribution in [0.1, 0.15) is 42.5 Å². The van der Waals surface area contributed by atoms with Crippen molar-refractivity contribution in [1.82, 2.24) is 19.9 Å². The molecule has 1 saturated heterocycles. The molecular formula is C17H20N4O3. The Morgan fingerprint density at radius 1 is 1.25 bits per heavy atom. The van der Waals surface area contributed by atoms with Crippen LogP contribution in [0.3, 0.4) is 0 Å². The number of aryl methyl sites for hydroxylation is 1. The molecule has 2 heterocycles. The monoisotopic (exact) mass is 328 g/mol. The van der Waals surface area contributed by atoms with Crippen LogP contribution in [0.15, 0.2) is 18.2 Å². The fraction of sp³-hybridized carbons (Fsp3) is 0.529. The minimum Gasteiger partial charge on any atom is -0.480 e. The summed E-state index contributed by atoms with van der Waals surface area (Å²) in [5.74, 6) is -0.799. The molecule has 2 fully saturated rings. The highest BCUT2D eigenvalue weighted by molar-refractivity contribution is 5.99. The second kappa shape index (κ2) is 5.58. The number of rotatable bonds is 2. The Kier molecular flexibility index (Phi) is 3.51. The first-order valence-electron chi connectivity index (χ1n) is 8.41. The number of amides is 1. The lowest BCUT2D eigenvalue weighted by atomic mass is 9.84. The van der Waals surface area contributed by atoms with E-state index in [-0.39, 0.29) is 11.9 Å². The predicted octanol–water partition coefficient (Wildman–Crippen LogP) is 1.83. The molecule has 1 aliphatic heterocycles. The first-order valence-corrected chi connectivity index (χ1v) is 8.41. The maximum Gasteiger partial charge on any atom is 0.326 e.